The zero-order chi connectivity index (χ0) is 20.1. The summed E-state index contributed by atoms with van der Waals surface area (Å²) in [7, 11) is 2.74. The Morgan fingerprint density at radius 1 is 1.04 bits per heavy atom. The number of thioether (sulfide) groups is 1. The van der Waals surface area contributed by atoms with Crippen molar-refractivity contribution in [3.8, 4) is 11.5 Å². The van der Waals surface area contributed by atoms with E-state index in [1.165, 1.54) is 14.2 Å². The van der Waals surface area contributed by atoms with Crippen LogP contribution in [0.4, 0.5) is 10.5 Å². The molecular weight excluding hydrogens is 382 g/mol. The van der Waals surface area contributed by atoms with Crippen LogP contribution in [-0.4, -0.2) is 37.9 Å². The molecule has 0 aromatic heterocycles. The van der Waals surface area contributed by atoms with Gasteiger partial charge in [0, 0.05) is 5.56 Å². The van der Waals surface area contributed by atoms with Gasteiger partial charge in [0.25, 0.3) is 11.1 Å². The smallest absolute Gasteiger partial charge is 0.343 e. The van der Waals surface area contributed by atoms with Gasteiger partial charge >= 0.3 is 5.97 Å². The third-order valence-corrected chi connectivity index (χ3v) is 4.77. The van der Waals surface area contributed by atoms with Gasteiger partial charge in [0.1, 0.15) is 11.5 Å². The van der Waals surface area contributed by atoms with Gasteiger partial charge in [-0.2, -0.15) is 0 Å². The van der Waals surface area contributed by atoms with Crippen molar-refractivity contribution in [2.24, 2.45) is 0 Å². The van der Waals surface area contributed by atoms with Gasteiger partial charge in [-0.3, -0.25) is 9.59 Å². The molecule has 0 saturated carbocycles. The molecule has 2 amide bonds. The first-order valence-corrected chi connectivity index (χ1v) is 9.06. The summed E-state index contributed by atoms with van der Waals surface area (Å²) in [5, 5.41) is -0.422. The quantitative estimate of drug-likeness (QED) is 0.543. The number of hydrogen-bond donors (Lipinski definition) is 0. The first-order valence-electron chi connectivity index (χ1n) is 8.24. The number of amides is 2. The first-order chi connectivity index (χ1) is 13.5. The number of benzene rings is 2. The highest BCUT2D eigenvalue weighted by Gasteiger charge is 2.37. The van der Waals surface area contributed by atoms with Crippen LogP contribution in [0.1, 0.15) is 5.56 Å². The van der Waals surface area contributed by atoms with Crippen LogP contribution in [0, 0.1) is 0 Å². The number of hydrogen-bond acceptors (Lipinski definition) is 7. The summed E-state index contributed by atoms with van der Waals surface area (Å²) in [6.45, 7) is -0.260. The third-order valence-electron chi connectivity index (χ3n) is 3.90. The Kier molecular flexibility index (Phi) is 6.00. The maximum atomic E-state index is 12.9. The van der Waals surface area contributed by atoms with E-state index in [4.69, 9.17) is 9.47 Å². The van der Waals surface area contributed by atoms with Crippen molar-refractivity contribution in [3.63, 3.8) is 0 Å². The van der Waals surface area contributed by atoms with Gasteiger partial charge in [0.05, 0.1) is 24.8 Å². The molecule has 2 aromatic rings. The van der Waals surface area contributed by atoms with Gasteiger partial charge < -0.3 is 14.2 Å². The van der Waals surface area contributed by atoms with E-state index in [0.717, 1.165) is 16.7 Å². The number of rotatable bonds is 6. The zero-order valence-corrected chi connectivity index (χ0v) is 16.0. The molecule has 0 aliphatic carbocycles. The van der Waals surface area contributed by atoms with Crippen LogP contribution in [0.5, 0.6) is 11.5 Å². The Hall–Kier alpha value is -3.26. The van der Waals surface area contributed by atoms with E-state index in [1.54, 1.807) is 54.6 Å². The number of carbonyl (C=O) groups is 3. The largest absolute Gasteiger partial charge is 0.495 e. The van der Waals surface area contributed by atoms with E-state index in [-0.39, 0.29) is 11.5 Å². The predicted octanol–water partition coefficient (Wildman–Crippen LogP) is 3.49. The zero-order valence-electron chi connectivity index (χ0n) is 15.2. The standard InChI is InChI=1S/C20H17NO6S/c1-25-16-10-6-4-8-14(16)21-19(23)17(28-20(21)24)11-13-7-3-5-9-15(13)27-12-18(22)26-2/h3-11H,12H2,1-2H3/b17-11-. The Morgan fingerprint density at radius 2 is 1.71 bits per heavy atom. The number of imide groups is 1. The van der Waals surface area contributed by atoms with Gasteiger partial charge in [-0.15, -0.1) is 0 Å². The number of para-hydroxylation sites is 3. The highest BCUT2D eigenvalue weighted by atomic mass is 32.2. The SMILES string of the molecule is COC(=O)COc1ccccc1/C=C1\SC(=O)N(c2ccccc2OC)C1=O. The van der Waals surface area contributed by atoms with Gasteiger partial charge in [-0.05, 0) is 36.0 Å². The molecule has 144 valence electrons. The molecule has 8 heteroatoms. The summed E-state index contributed by atoms with van der Waals surface area (Å²) < 4.78 is 15.3. The molecule has 0 atom stereocenters. The Morgan fingerprint density at radius 3 is 2.43 bits per heavy atom. The van der Waals surface area contributed by atoms with E-state index in [0.29, 0.717) is 22.7 Å². The lowest BCUT2D eigenvalue weighted by atomic mass is 10.2. The van der Waals surface area contributed by atoms with E-state index in [9.17, 15) is 14.4 Å². The van der Waals surface area contributed by atoms with Crippen molar-refractivity contribution in [1.29, 1.82) is 0 Å². The van der Waals surface area contributed by atoms with Crippen LogP contribution in [0.25, 0.3) is 6.08 Å². The lowest BCUT2D eigenvalue weighted by Crippen LogP contribution is -2.28. The molecule has 7 nitrogen and oxygen atoms in total. The third kappa shape index (κ3) is 4.01. The van der Waals surface area contributed by atoms with E-state index >= 15 is 0 Å². The highest BCUT2D eigenvalue weighted by molar-refractivity contribution is 8.19. The monoisotopic (exact) mass is 399 g/mol. The Bertz CT molecular complexity index is 955. The summed E-state index contributed by atoms with van der Waals surface area (Å²) in [6.07, 6.45) is 1.56. The van der Waals surface area contributed by atoms with Crippen LogP contribution in [0.2, 0.25) is 0 Å². The number of esters is 1. The fourth-order valence-electron chi connectivity index (χ4n) is 2.56. The van der Waals surface area contributed by atoms with Gasteiger partial charge in [0.15, 0.2) is 6.61 Å². The molecular formula is C20H17NO6S. The number of carbonyl (C=O) groups excluding carboxylic acids is 3. The van der Waals surface area contributed by atoms with Gasteiger partial charge in [-0.25, -0.2) is 9.69 Å². The molecule has 28 heavy (non-hydrogen) atoms. The lowest BCUT2D eigenvalue weighted by Gasteiger charge is -2.15. The minimum atomic E-state index is -0.522. The molecule has 2 aromatic carbocycles. The molecule has 0 bridgehead atoms. The van der Waals surface area contributed by atoms with Crippen LogP contribution in [0.15, 0.2) is 53.4 Å². The molecule has 1 saturated heterocycles. The maximum absolute atomic E-state index is 12.9. The predicted molar refractivity (Wildman–Crippen MR) is 105 cm³/mol. The summed E-state index contributed by atoms with van der Waals surface area (Å²) >= 11 is 0.824. The molecule has 0 radical (unpaired) electrons. The fourth-order valence-corrected chi connectivity index (χ4v) is 3.38. The number of nitrogens with zero attached hydrogens (tertiary/aromatic N) is 1. The van der Waals surface area contributed by atoms with Crippen LogP contribution < -0.4 is 14.4 Å². The lowest BCUT2D eigenvalue weighted by molar-refractivity contribution is -0.142. The van der Waals surface area contributed by atoms with Crippen molar-refractivity contribution in [2.75, 3.05) is 25.7 Å². The van der Waals surface area contributed by atoms with Gasteiger partial charge in [-0.1, -0.05) is 30.3 Å². The minimum Gasteiger partial charge on any atom is -0.495 e. The number of ether oxygens (including phenoxy) is 3. The van der Waals surface area contributed by atoms with Crippen molar-refractivity contribution >= 4 is 40.6 Å². The average Bonchev–Trinajstić information content (AvgIpc) is 2.99. The highest BCUT2D eigenvalue weighted by Crippen LogP contribution is 2.40. The Labute approximate surface area is 165 Å². The Balaban J connectivity index is 1.90. The van der Waals surface area contributed by atoms with Crippen molar-refractivity contribution in [1.82, 2.24) is 0 Å². The fraction of sp³-hybridized carbons (Fsp3) is 0.150. The summed E-state index contributed by atoms with van der Waals surface area (Å²) in [5.41, 5.74) is 0.947. The second kappa shape index (κ2) is 8.62. The van der Waals surface area contributed by atoms with Crippen molar-refractivity contribution < 1.29 is 28.6 Å². The van der Waals surface area contributed by atoms with Crippen molar-refractivity contribution in [3.05, 3.63) is 59.0 Å². The van der Waals surface area contributed by atoms with E-state index in [2.05, 4.69) is 4.74 Å². The molecule has 0 N–H and O–H groups in total. The second-order valence-electron chi connectivity index (χ2n) is 5.59. The number of anilines is 1. The topological polar surface area (TPSA) is 82.1 Å². The molecule has 0 unspecified atom stereocenters. The maximum Gasteiger partial charge on any atom is 0.343 e. The second-order valence-corrected chi connectivity index (χ2v) is 6.58. The van der Waals surface area contributed by atoms with Crippen LogP contribution in [0.3, 0.4) is 0 Å². The van der Waals surface area contributed by atoms with Crippen molar-refractivity contribution in [2.45, 2.75) is 0 Å². The van der Waals surface area contributed by atoms with Gasteiger partial charge in [0.2, 0.25) is 0 Å². The molecule has 1 aliphatic heterocycles. The molecule has 0 spiro atoms. The van der Waals surface area contributed by atoms with Crippen LogP contribution >= 0.6 is 11.8 Å². The molecule has 1 heterocycles. The number of methoxy groups -OCH3 is 2. The summed E-state index contributed by atoms with van der Waals surface area (Å²) in [6, 6.07) is 13.7. The first kappa shape index (κ1) is 19.5. The minimum absolute atomic E-state index is 0.241. The average molecular weight is 399 g/mol. The van der Waals surface area contributed by atoms with E-state index in [1.807, 2.05) is 0 Å². The molecule has 1 fully saturated rings. The van der Waals surface area contributed by atoms with E-state index < -0.39 is 17.1 Å². The molecule has 1 aliphatic rings. The molecule has 3 rings (SSSR count). The van der Waals surface area contributed by atoms with Crippen LogP contribution in [-0.2, 0) is 14.3 Å². The summed E-state index contributed by atoms with van der Waals surface area (Å²) in [4.78, 5) is 38.0. The normalized spacial score (nSPS) is 15.1. The summed E-state index contributed by atoms with van der Waals surface area (Å²) in [5.74, 6) is -0.154.